The van der Waals surface area contributed by atoms with Crippen LogP contribution in [0, 0.1) is 12.8 Å². The van der Waals surface area contributed by atoms with E-state index in [2.05, 4.69) is 10.6 Å². The molecule has 3 rings (SSSR count). The summed E-state index contributed by atoms with van der Waals surface area (Å²) in [6, 6.07) is 5.90. The molecule has 5 nitrogen and oxygen atoms in total. The number of benzene rings is 1. The highest BCUT2D eigenvalue weighted by Crippen LogP contribution is 2.26. The van der Waals surface area contributed by atoms with Crippen LogP contribution in [0.2, 0.25) is 0 Å². The Bertz CT molecular complexity index is 616. The largest absolute Gasteiger partial charge is 0.349 e. The number of rotatable bonds is 4. The van der Waals surface area contributed by atoms with Gasteiger partial charge in [0, 0.05) is 29.3 Å². The third kappa shape index (κ3) is 4.71. The van der Waals surface area contributed by atoms with Crippen molar-refractivity contribution < 1.29 is 9.59 Å². The van der Waals surface area contributed by atoms with Gasteiger partial charge in [-0.25, -0.2) is 0 Å². The second kappa shape index (κ2) is 7.99. The Hall–Kier alpha value is -1.59. The highest BCUT2D eigenvalue weighted by atomic mass is 35.5. The predicted molar refractivity (Wildman–Crippen MR) is 97.5 cm³/mol. The lowest BCUT2D eigenvalue weighted by atomic mass is 9.85. The van der Waals surface area contributed by atoms with E-state index >= 15 is 0 Å². The van der Waals surface area contributed by atoms with Crippen molar-refractivity contribution >= 4 is 29.9 Å². The van der Waals surface area contributed by atoms with Crippen molar-refractivity contribution in [2.45, 2.75) is 57.5 Å². The number of halogens is 1. The minimum Gasteiger partial charge on any atom is -0.349 e. The van der Waals surface area contributed by atoms with Crippen molar-refractivity contribution in [2.24, 2.45) is 11.7 Å². The van der Waals surface area contributed by atoms with E-state index in [1.165, 1.54) is 0 Å². The van der Waals surface area contributed by atoms with Crippen LogP contribution in [0.25, 0.3) is 0 Å². The van der Waals surface area contributed by atoms with Crippen molar-refractivity contribution in [1.29, 1.82) is 0 Å². The van der Waals surface area contributed by atoms with E-state index in [4.69, 9.17) is 5.73 Å². The molecule has 132 valence electrons. The van der Waals surface area contributed by atoms with Crippen molar-refractivity contribution in [1.82, 2.24) is 5.32 Å². The molecule has 0 aromatic heterocycles. The van der Waals surface area contributed by atoms with Crippen LogP contribution < -0.4 is 16.4 Å². The van der Waals surface area contributed by atoms with E-state index in [-0.39, 0.29) is 36.2 Å². The molecule has 0 saturated heterocycles. The van der Waals surface area contributed by atoms with Crippen LogP contribution in [0.5, 0.6) is 0 Å². The van der Waals surface area contributed by atoms with Gasteiger partial charge < -0.3 is 16.4 Å². The Balaban J connectivity index is 0.00000208. The second-order valence-electron chi connectivity index (χ2n) is 6.89. The van der Waals surface area contributed by atoms with Gasteiger partial charge in [0.2, 0.25) is 5.91 Å². The molecule has 2 fully saturated rings. The maximum absolute atomic E-state index is 12.5. The Morgan fingerprint density at radius 1 is 1.17 bits per heavy atom. The summed E-state index contributed by atoms with van der Waals surface area (Å²) in [6.07, 6.45) is 5.75. The summed E-state index contributed by atoms with van der Waals surface area (Å²) >= 11 is 0. The molecule has 0 heterocycles. The molecule has 24 heavy (non-hydrogen) atoms. The monoisotopic (exact) mass is 351 g/mol. The predicted octanol–water partition coefficient (Wildman–Crippen LogP) is 2.77. The Labute approximate surface area is 149 Å². The number of hydrogen-bond acceptors (Lipinski definition) is 3. The van der Waals surface area contributed by atoms with Gasteiger partial charge in [-0.3, -0.25) is 9.59 Å². The summed E-state index contributed by atoms with van der Waals surface area (Å²) in [5.74, 6) is -0.0761. The minimum absolute atomic E-state index is 0. The van der Waals surface area contributed by atoms with Gasteiger partial charge in [0.25, 0.3) is 5.91 Å². The van der Waals surface area contributed by atoms with E-state index in [1.807, 2.05) is 13.0 Å². The maximum atomic E-state index is 12.5. The molecule has 2 unspecified atom stereocenters. The smallest absolute Gasteiger partial charge is 0.251 e. The lowest BCUT2D eigenvalue weighted by Crippen LogP contribution is -2.34. The quantitative estimate of drug-likeness (QED) is 0.779. The number of carbonyl (C=O) groups excluding carboxylic acids is 2. The Morgan fingerprint density at radius 2 is 1.92 bits per heavy atom. The summed E-state index contributed by atoms with van der Waals surface area (Å²) in [7, 11) is 0. The van der Waals surface area contributed by atoms with Crippen LogP contribution in [0.3, 0.4) is 0 Å². The first-order valence-electron chi connectivity index (χ1n) is 8.51. The zero-order valence-corrected chi connectivity index (χ0v) is 14.8. The molecule has 2 aliphatic rings. The molecule has 2 saturated carbocycles. The highest BCUT2D eigenvalue weighted by Gasteiger charge is 2.26. The van der Waals surface area contributed by atoms with Gasteiger partial charge in [-0.05, 0) is 56.7 Å². The van der Waals surface area contributed by atoms with Gasteiger partial charge in [-0.2, -0.15) is 0 Å². The molecule has 1 aromatic carbocycles. The fourth-order valence-corrected chi connectivity index (χ4v) is 3.09. The SMILES string of the molecule is Cc1ccc(C(=O)NC2CC2)cc1NC(=O)C1CCCC(N)C1.Cl. The molecule has 1 aromatic rings. The fraction of sp³-hybridized carbons (Fsp3) is 0.556. The van der Waals surface area contributed by atoms with Gasteiger partial charge >= 0.3 is 0 Å². The molecule has 6 heteroatoms. The van der Waals surface area contributed by atoms with Crippen LogP contribution in [0.15, 0.2) is 18.2 Å². The first-order chi connectivity index (χ1) is 11.0. The second-order valence-corrected chi connectivity index (χ2v) is 6.89. The average Bonchev–Trinajstić information content (AvgIpc) is 3.33. The van der Waals surface area contributed by atoms with E-state index in [1.54, 1.807) is 12.1 Å². The molecule has 2 amide bonds. The third-order valence-electron chi connectivity index (χ3n) is 4.76. The van der Waals surface area contributed by atoms with Crippen LogP contribution >= 0.6 is 12.4 Å². The highest BCUT2D eigenvalue weighted by molar-refractivity contribution is 5.98. The van der Waals surface area contributed by atoms with Crippen molar-refractivity contribution in [3.63, 3.8) is 0 Å². The molecule has 2 aliphatic carbocycles. The molecule has 4 N–H and O–H groups in total. The zero-order valence-electron chi connectivity index (χ0n) is 14.0. The number of anilines is 1. The summed E-state index contributed by atoms with van der Waals surface area (Å²) < 4.78 is 0. The van der Waals surface area contributed by atoms with E-state index in [9.17, 15) is 9.59 Å². The minimum atomic E-state index is -0.0670. The van der Waals surface area contributed by atoms with Crippen LogP contribution in [-0.2, 0) is 4.79 Å². The number of nitrogens with two attached hydrogens (primary N) is 1. The number of carbonyl (C=O) groups is 2. The summed E-state index contributed by atoms with van der Waals surface area (Å²) in [5, 5.41) is 5.96. The summed E-state index contributed by atoms with van der Waals surface area (Å²) in [4.78, 5) is 24.6. The van der Waals surface area contributed by atoms with Gasteiger partial charge in [-0.1, -0.05) is 12.5 Å². The van der Waals surface area contributed by atoms with Crippen molar-refractivity contribution in [3.8, 4) is 0 Å². The molecule has 0 bridgehead atoms. The molecule has 0 aliphatic heterocycles. The first-order valence-corrected chi connectivity index (χ1v) is 8.51. The molecule has 2 atom stereocenters. The zero-order chi connectivity index (χ0) is 16.4. The fourth-order valence-electron chi connectivity index (χ4n) is 3.09. The molecule has 0 radical (unpaired) electrons. The van der Waals surface area contributed by atoms with E-state index in [0.717, 1.165) is 49.8 Å². The van der Waals surface area contributed by atoms with Crippen LogP contribution in [-0.4, -0.2) is 23.9 Å². The van der Waals surface area contributed by atoms with E-state index < -0.39 is 0 Å². The first kappa shape index (κ1) is 18.7. The van der Waals surface area contributed by atoms with Gasteiger partial charge in [-0.15, -0.1) is 12.4 Å². The average molecular weight is 352 g/mol. The van der Waals surface area contributed by atoms with Gasteiger partial charge in [0.05, 0.1) is 0 Å². The lowest BCUT2D eigenvalue weighted by Gasteiger charge is -2.26. The Kier molecular flexibility index (Phi) is 6.24. The lowest BCUT2D eigenvalue weighted by molar-refractivity contribution is -0.120. The van der Waals surface area contributed by atoms with E-state index in [0.29, 0.717) is 11.6 Å². The number of nitrogens with one attached hydrogen (secondary N) is 2. The molecular formula is C18H26ClN3O2. The number of amides is 2. The summed E-state index contributed by atoms with van der Waals surface area (Å²) in [6.45, 7) is 1.94. The number of hydrogen-bond donors (Lipinski definition) is 3. The topological polar surface area (TPSA) is 84.2 Å². The summed E-state index contributed by atoms with van der Waals surface area (Å²) in [5.41, 5.74) is 8.24. The third-order valence-corrected chi connectivity index (χ3v) is 4.76. The standard InChI is InChI=1S/C18H25N3O2.ClH/c1-11-5-6-13(17(22)20-15-7-8-15)10-16(11)21-18(23)12-3-2-4-14(19)9-12;/h5-6,10,12,14-15H,2-4,7-9,19H2,1H3,(H,20,22)(H,21,23);1H. The Morgan fingerprint density at radius 3 is 2.58 bits per heavy atom. The van der Waals surface area contributed by atoms with Crippen molar-refractivity contribution in [2.75, 3.05) is 5.32 Å². The van der Waals surface area contributed by atoms with Crippen molar-refractivity contribution in [3.05, 3.63) is 29.3 Å². The van der Waals surface area contributed by atoms with Crippen LogP contribution in [0.1, 0.15) is 54.4 Å². The normalized spacial score (nSPS) is 23.1. The van der Waals surface area contributed by atoms with Crippen LogP contribution in [0.4, 0.5) is 5.69 Å². The van der Waals surface area contributed by atoms with Gasteiger partial charge in [0.15, 0.2) is 0 Å². The molecular weight excluding hydrogens is 326 g/mol. The van der Waals surface area contributed by atoms with Gasteiger partial charge in [0.1, 0.15) is 0 Å². The maximum Gasteiger partial charge on any atom is 0.251 e. The molecule has 0 spiro atoms. The number of aryl methyl sites for hydroxylation is 1.